The average Bonchev–Trinajstić information content (AvgIpc) is 3.55. The molecule has 0 aromatic carbocycles. The second-order valence-corrected chi connectivity index (χ2v) is 12.7. The average molecular weight is 523 g/mol. The summed E-state index contributed by atoms with van der Waals surface area (Å²) in [4.78, 5) is 0. The molecule has 12 atom stereocenters. The first kappa shape index (κ1) is 22.2. The van der Waals surface area contributed by atoms with E-state index >= 15 is 0 Å². The van der Waals surface area contributed by atoms with Crippen molar-refractivity contribution in [1.29, 1.82) is 0 Å². The molecule has 8 aliphatic rings. The van der Waals surface area contributed by atoms with Crippen LogP contribution in [0.4, 0.5) is 0 Å². The highest BCUT2D eigenvalue weighted by Gasteiger charge is 2.69. The molecule has 8 saturated heterocycles. The Morgan fingerprint density at radius 1 is 0.500 bits per heavy atom. The third-order valence-electron chi connectivity index (χ3n) is 7.03. The predicted molar refractivity (Wildman–Crippen MR) is 109 cm³/mol. The number of rotatable bonds is 3. The highest BCUT2D eigenvalue weighted by molar-refractivity contribution is 8.77. The fourth-order valence-electron chi connectivity index (χ4n) is 5.76. The molecular weight excluding hydrogens is 496 g/mol. The first-order valence-corrected chi connectivity index (χ1v) is 13.7. The Morgan fingerprint density at radius 3 is 1.38 bits per heavy atom. The van der Waals surface area contributed by atoms with Crippen LogP contribution in [-0.2, 0) is 56.8 Å². The molecule has 0 spiro atoms. The lowest BCUT2D eigenvalue weighted by Gasteiger charge is -2.40. The Labute approximate surface area is 203 Å². The molecule has 8 aliphatic heterocycles. The second-order valence-electron chi connectivity index (χ2n) is 10.4. The maximum Gasteiger partial charge on any atom is 0.349 e. The molecule has 0 radical (unpaired) electrons. The summed E-state index contributed by atoms with van der Waals surface area (Å²) in [6.07, 6.45) is -3.85. The quantitative estimate of drug-likeness (QED) is 0.491. The lowest BCUT2D eigenvalue weighted by molar-refractivity contribution is -0.345. The summed E-state index contributed by atoms with van der Waals surface area (Å²) in [5.41, 5.74) is 0. The molecule has 4 bridgehead atoms. The summed E-state index contributed by atoms with van der Waals surface area (Å²) in [5.74, 6) is -1.49. The van der Waals surface area contributed by atoms with Crippen LogP contribution in [0.25, 0.3) is 0 Å². The van der Waals surface area contributed by atoms with E-state index in [0.29, 0.717) is 13.2 Å². The maximum atomic E-state index is 6.31. The van der Waals surface area contributed by atoms with Crippen LogP contribution in [-0.4, -0.2) is 96.8 Å². The third-order valence-corrected chi connectivity index (χ3v) is 9.62. The summed E-state index contributed by atoms with van der Waals surface area (Å²) < 4.78 is 72.7. The molecule has 8 fully saturated rings. The standard InChI is InChI=1S/C20H26O12S2/c1-17(2)27-13-11-9(23-15(13)31-17)7-5-21-19(25-7,29-11)33-34-20-22-6-8(26-20)10-12(30-20)14-16(24-10)32-18(3,4)28-14/h7-16H,5-6H2,1-4H3/t7-,8+,9-,10-,11-,12+,13-,14-,15+,16-,19+,20-/m1/s1. The molecule has 190 valence electrons. The van der Waals surface area contributed by atoms with Gasteiger partial charge in [-0.25, -0.2) is 0 Å². The van der Waals surface area contributed by atoms with Crippen molar-refractivity contribution in [3.05, 3.63) is 0 Å². The first-order chi connectivity index (χ1) is 16.1. The van der Waals surface area contributed by atoms with Crippen molar-refractivity contribution >= 4 is 21.6 Å². The number of fused-ring (bicyclic) bond motifs is 12. The molecule has 0 aromatic heterocycles. The van der Waals surface area contributed by atoms with E-state index < -0.39 is 47.0 Å². The maximum absolute atomic E-state index is 6.31. The lowest BCUT2D eigenvalue weighted by atomic mass is 10.1. The summed E-state index contributed by atoms with van der Waals surface area (Å²) >= 11 is 0. The van der Waals surface area contributed by atoms with E-state index in [9.17, 15) is 0 Å². The third kappa shape index (κ3) is 3.19. The van der Waals surface area contributed by atoms with E-state index in [1.54, 1.807) is 0 Å². The van der Waals surface area contributed by atoms with Crippen LogP contribution in [0, 0.1) is 0 Å². The van der Waals surface area contributed by atoms with E-state index in [1.807, 2.05) is 27.7 Å². The van der Waals surface area contributed by atoms with Crippen LogP contribution in [0.15, 0.2) is 0 Å². The molecule has 0 aliphatic carbocycles. The Morgan fingerprint density at radius 2 is 0.941 bits per heavy atom. The van der Waals surface area contributed by atoms with Crippen molar-refractivity contribution in [2.75, 3.05) is 13.2 Å². The van der Waals surface area contributed by atoms with Gasteiger partial charge in [0.25, 0.3) is 0 Å². The lowest BCUT2D eigenvalue weighted by Crippen LogP contribution is -2.53. The van der Waals surface area contributed by atoms with Crippen molar-refractivity contribution in [3.8, 4) is 0 Å². The van der Waals surface area contributed by atoms with Gasteiger partial charge in [-0.2, -0.15) is 0 Å². The van der Waals surface area contributed by atoms with Crippen molar-refractivity contribution in [1.82, 2.24) is 0 Å². The van der Waals surface area contributed by atoms with Gasteiger partial charge in [0.05, 0.1) is 13.2 Å². The molecule has 0 N–H and O–H groups in total. The van der Waals surface area contributed by atoms with Gasteiger partial charge in [0.15, 0.2) is 24.2 Å². The fourth-order valence-corrected chi connectivity index (χ4v) is 8.20. The van der Waals surface area contributed by atoms with Crippen LogP contribution in [0.5, 0.6) is 0 Å². The number of hydrogen-bond acceptors (Lipinski definition) is 14. The van der Waals surface area contributed by atoms with Gasteiger partial charge in [-0.1, -0.05) is 0 Å². The van der Waals surface area contributed by atoms with Crippen molar-refractivity contribution in [3.63, 3.8) is 0 Å². The summed E-state index contributed by atoms with van der Waals surface area (Å²) in [6, 6.07) is 0. The summed E-state index contributed by atoms with van der Waals surface area (Å²) in [5, 5.41) is -2.76. The van der Waals surface area contributed by atoms with Gasteiger partial charge < -0.3 is 56.8 Å². The Balaban J connectivity index is 0.987. The van der Waals surface area contributed by atoms with Crippen LogP contribution in [0.2, 0.25) is 0 Å². The molecule has 34 heavy (non-hydrogen) atoms. The van der Waals surface area contributed by atoms with E-state index in [0.717, 1.165) is 0 Å². The smallest absolute Gasteiger partial charge is 0.341 e. The zero-order chi connectivity index (χ0) is 23.1. The minimum atomic E-state index is -1.38. The highest BCUT2D eigenvalue weighted by atomic mass is 33.1. The van der Waals surface area contributed by atoms with Gasteiger partial charge in [-0.05, 0) is 27.7 Å². The predicted octanol–water partition coefficient (Wildman–Crippen LogP) is 0.972. The molecule has 0 unspecified atom stereocenters. The van der Waals surface area contributed by atoms with Gasteiger partial charge >= 0.3 is 10.6 Å². The van der Waals surface area contributed by atoms with Gasteiger partial charge in [-0.3, -0.25) is 0 Å². The monoisotopic (exact) mass is 522 g/mol. The van der Waals surface area contributed by atoms with Crippen molar-refractivity contribution in [2.45, 2.75) is 111 Å². The first-order valence-electron chi connectivity index (χ1n) is 11.5. The van der Waals surface area contributed by atoms with Gasteiger partial charge in [0.2, 0.25) is 0 Å². The SMILES string of the molecule is CC1(C)O[C@H]2O[C@H]3[C@H](O[C@@]4(SS[C@@]56OC[C@@H](O5)[C@H]5O[C@H]7OC(C)(C)O[C@@H]7[C@@H]5O6)OC[C@@H]3O4)[C@H]2O1. The Bertz CT molecular complexity index is 822. The summed E-state index contributed by atoms with van der Waals surface area (Å²) in [7, 11) is 2.39. The van der Waals surface area contributed by atoms with Crippen LogP contribution in [0.3, 0.4) is 0 Å². The topological polar surface area (TPSA) is 111 Å². The van der Waals surface area contributed by atoms with Crippen LogP contribution >= 0.6 is 21.6 Å². The summed E-state index contributed by atoms with van der Waals surface area (Å²) in [6.45, 7) is 8.04. The van der Waals surface area contributed by atoms with Gasteiger partial charge in [0, 0.05) is 21.6 Å². The molecular formula is C20H26O12S2. The van der Waals surface area contributed by atoms with E-state index in [-0.39, 0.29) is 36.6 Å². The van der Waals surface area contributed by atoms with E-state index in [1.165, 1.54) is 21.6 Å². The van der Waals surface area contributed by atoms with Crippen molar-refractivity contribution < 1.29 is 56.8 Å². The molecule has 12 nitrogen and oxygen atoms in total. The normalized spacial score (nSPS) is 59.6. The molecule has 0 saturated carbocycles. The van der Waals surface area contributed by atoms with E-state index in [2.05, 4.69) is 0 Å². The van der Waals surface area contributed by atoms with Crippen LogP contribution in [0.1, 0.15) is 27.7 Å². The zero-order valence-corrected chi connectivity index (χ0v) is 20.5. The second kappa shape index (κ2) is 6.99. The van der Waals surface area contributed by atoms with Gasteiger partial charge in [-0.15, -0.1) is 0 Å². The van der Waals surface area contributed by atoms with Crippen LogP contribution < -0.4 is 0 Å². The van der Waals surface area contributed by atoms with Gasteiger partial charge in [0.1, 0.15) is 48.8 Å². The molecule has 14 heteroatoms. The largest absolute Gasteiger partial charge is 0.349 e. The zero-order valence-electron chi connectivity index (χ0n) is 18.9. The molecule has 8 rings (SSSR count). The number of ether oxygens (including phenoxy) is 12. The minimum absolute atomic E-state index is 0.310. The molecule has 0 aromatic rings. The Kier molecular flexibility index (Phi) is 4.57. The van der Waals surface area contributed by atoms with E-state index in [4.69, 9.17) is 56.8 Å². The Hall–Kier alpha value is 0.220. The highest BCUT2D eigenvalue weighted by Crippen LogP contribution is 2.59. The number of hydrogen-bond donors (Lipinski definition) is 0. The molecule has 8 heterocycles. The van der Waals surface area contributed by atoms with Crippen molar-refractivity contribution in [2.24, 2.45) is 0 Å². The minimum Gasteiger partial charge on any atom is -0.341 e. The molecule has 0 amide bonds. The fraction of sp³-hybridized carbons (Fsp3) is 1.00.